The predicted molar refractivity (Wildman–Crippen MR) is 166 cm³/mol. The molecule has 0 fully saturated rings. The monoisotopic (exact) mass is 606 g/mol. The van der Waals surface area contributed by atoms with Crippen LogP contribution < -0.4 is 10.2 Å². The normalized spacial score (nSPS) is 11.0. The van der Waals surface area contributed by atoms with E-state index < -0.39 is 5.97 Å². The lowest BCUT2D eigenvalue weighted by Crippen LogP contribution is -2.26. The van der Waals surface area contributed by atoms with Gasteiger partial charge in [-0.3, -0.25) is 19.9 Å². The van der Waals surface area contributed by atoms with E-state index in [0.717, 1.165) is 16.0 Å². The number of carbonyl (C=O) groups is 3. The Morgan fingerprint density at radius 2 is 1.82 bits per heavy atom. The van der Waals surface area contributed by atoms with Gasteiger partial charge in [0, 0.05) is 37.2 Å². The molecule has 0 bridgehead atoms. The molecule has 0 saturated heterocycles. The number of anilines is 2. The number of nitrogens with zero attached hydrogens (tertiary/aromatic N) is 5. The second kappa shape index (κ2) is 12.3. The van der Waals surface area contributed by atoms with Crippen LogP contribution in [0.15, 0.2) is 96.1 Å². The number of ether oxygens (including phenoxy) is 1. The molecule has 0 saturated carbocycles. The molecule has 1 N–H and O–H groups in total. The SMILES string of the molecule is COC(=O)c1ccc(C(=O)N(C)c2ccc3c(c2)nc(NC(=O)c2ccc(-c4cnco4)s2)n3CCc2cccnc2)cc1. The fourth-order valence-electron chi connectivity index (χ4n) is 4.71. The second-order valence-corrected chi connectivity index (χ2v) is 10.9. The van der Waals surface area contributed by atoms with Crippen LogP contribution in [0.4, 0.5) is 11.6 Å². The Kier molecular flexibility index (Phi) is 7.98. The van der Waals surface area contributed by atoms with Crippen molar-refractivity contribution in [2.24, 2.45) is 0 Å². The quantitative estimate of drug-likeness (QED) is 0.207. The number of methoxy groups -OCH3 is 1. The molecule has 4 heterocycles. The molecule has 6 aromatic rings. The number of rotatable bonds is 9. The highest BCUT2D eigenvalue weighted by atomic mass is 32.1. The lowest BCUT2D eigenvalue weighted by Gasteiger charge is -2.18. The zero-order valence-corrected chi connectivity index (χ0v) is 24.6. The third-order valence-electron chi connectivity index (χ3n) is 7.05. The first kappa shape index (κ1) is 28.5. The highest BCUT2D eigenvalue weighted by Gasteiger charge is 2.20. The number of oxazole rings is 1. The maximum atomic E-state index is 13.3. The molecule has 4 aromatic heterocycles. The molecule has 2 amide bonds. The summed E-state index contributed by atoms with van der Waals surface area (Å²) in [5.41, 5.74) is 3.83. The maximum absolute atomic E-state index is 13.3. The Balaban J connectivity index is 1.28. The molecule has 11 nitrogen and oxygen atoms in total. The van der Waals surface area contributed by atoms with Gasteiger partial charge in [0.1, 0.15) is 0 Å². The number of thiophene rings is 1. The van der Waals surface area contributed by atoms with Gasteiger partial charge in [-0.1, -0.05) is 6.07 Å². The third kappa shape index (κ3) is 5.83. The molecule has 6 rings (SSSR count). The largest absolute Gasteiger partial charge is 0.465 e. The Hall–Kier alpha value is -5.62. The molecule has 0 unspecified atom stereocenters. The predicted octanol–water partition coefficient (Wildman–Crippen LogP) is 5.71. The first-order valence-corrected chi connectivity index (χ1v) is 14.4. The van der Waals surface area contributed by atoms with Crippen molar-refractivity contribution >= 4 is 51.8 Å². The van der Waals surface area contributed by atoms with Gasteiger partial charge in [-0.15, -0.1) is 11.3 Å². The van der Waals surface area contributed by atoms with Crippen molar-refractivity contribution in [3.8, 4) is 10.6 Å². The standard InChI is InChI=1S/C32H26N6O5S/c1-37(30(40)21-5-7-22(8-6-21)31(41)42-2)23-9-10-25-24(16-23)35-32(38(25)15-13-20-4-3-14-33-17-20)36-29(39)28-12-11-27(44-28)26-18-34-19-43-26/h3-12,14,16-19H,13,15H2,1-2H3,(H,35,36,39). The molecule has 12 heteroatoms. The van der Waals surface area contributed by atoms with E-state index in [1.807, 2.05) is 41.1 Å². The molecule has 44 heavy (non-hydrogen) atoms. The first-order chi connectivity index (χ1) is 21.4. The number of nitrogens with one attached hydrogen (secondary N) is 1. The van der Waals surface area contributed by atoms with E-state index >= 15 is 0 Å². The van der Waals surface area contributed by atoms with Gasteiger partial charge >= 0.3 is 5.97 Å². The van der Waals surface area contributed by atoms with Gasteiger partial charge in [-0.05, 0) is 72.6 Å². The summed E-state index contributed by atoms with van der Waals surface area (Å²) >= 11 is 1.29. The molecule has 0 atom stereocenters. The summed E-state index contributed by atoms with van der Waals surface area (Å²) in [6, 6.07) is 19.2. The lowest BCUT2D eigenvalue weighted by atomic mass is 10.1. The number of hydrogen-bond donors (Lipinski definition) is 1. The minimum Gasteiger partial charge on any atom is -0.465 e. The van der Waals surface area contributed by atoms with Gasteiger partial charge in [-0.2, -0.15) is 0 Å². The number of amides is 2. The third-order valence-corrected chi connectivity index (χ3v) is 8.15. The number of carbonyl (C=O) groups excluding carboxylic acids is 3. The van der Waals surface area contributed by atoms with Crippen LogP contribution in [0.3, 0.4) is 0 Å². The Labute approximate surface area is 255 Å². The van der Waals surface area contributed by atoms with E-state index in [1.165, 1.54) is 29.7 Å². The van der Waals surface area contributed by atoms with Crippen LogP contribution in [0.2, 0.25) is 0 Å². The molecule has 0 aliphatic rings. The number of pyridine rings is 1. The van der Waals surface area contributed by atoms with Crippen molar-refractivity contribution in [1.29, 1.82) is 0 Å². The van der Waals surface area contributed by atoms with Crippen molar-refractivity contribution in [2.75, 3.05) is 24.4 Å². The molecule has 0 aliphatic heterocycles. The van der Waals surface area contributed by atoms with Gasteiger partial charge in [0.15, 0.2) is 12.2 Å². The molecule has 0 aliphatic carbocycles. The number of benzene rings is 2. The summed E-state index contributed by atoms with van der Waals surface area (Å²) in [4.78, 5) is 54.0. The highest BCUT2D eigenvalue weighted by Crippen LogP contribution is 2.30. The molecular weight excluding hydrogens is 580 g/mol. The van der Waals surface area contributed by atoms with Crippen molar-refractivity contribution < 1.29 is 23.5 Å². The van der Waals surface area contributed by atoms with E-state index in [2.05, 4.69) is 15.3 Å². The molecule has 220 valence electrons. The van der Waals surface area contributed by atoms with Crippen LogP contribution in [0.5, 0.6) is 0 Å². The van der Waals surface area contributed by atoms with Crippen molar-refractivity contribution in [1.82, 2.24) is 19.5 Å². The van der Waals surface area contributed by atoms with Gasteiger partial charge in [0.25, 0.3) is 11.8 Å². The molecule has 2 aromatic carbocycles. The number of esters is 1. The topological polar surface area (TPSA) is 132 Å². The number of aryl methyl sites for hydroxylation is 2. The summed E-state index contributed by atoms with van der Waals surface area (Å²) in [6.45, 7) is 0.534. The van der Waals surface area contributed by atoms with Gasteiger partial charge in [0.2, 0.25) is 5.95 Å². The van der Waals surface area contributed by atoms with E-state index in [1.54, 1.807) is 55.8 Å². The molecule has 0 spiro atoms. The van der Waals surface area contributed by atoms with Crippen LogP contribution in [-0.2, 0) is 17.7 Å². The summed E-state index contributed by atoms with van der Waals surface area (Å²) in [6.07, 6.45) is 7.15. The summed E-state index contributed by atoms with van der Waals surface area (Å²) < 4.78 is 12.0. The number of fused-ring (bicyclic) bond motifs is 1. The molecule has 0 radical (unpaired) electrons. The number of imidazole rings is 1. The highest BCUT2D eigenvalue weighted by molar-refractivity contribution is 7.17. The number of hydrogen-bond acceptors (Lipinski definition) is 9. The van der Waals surface area contributed by atoms with Crippen LogP contribution in [-0.4, -0.2) is 51.5 Å². The van der Waals surface area contributed by atoms with Gasteiger partial charge in [-0.25, -0.2) is 14.8 Å². The average Bonchev–Trinajstić information content (AvgIpc) is 3.83. The minimum atomic E-state index is -0.473. The van der Waals surface area contributed by atoms with Crippen LogP contribution >= 0.6 is 11.3 Å². The van der Waals surface area contributed by atoms with E-state index in [0.29, 0.717) is 51.9 Å². The zero-order chi connectivity index (χ0) is 30.6. The van der Waals surface area contributed by atoms with Gasteiger partial charge < -0.3 is 18.6 Å². The summed E-state index contributed by atoms with van der Waals surface area (Å²) in [7, 11) is 2.98. The molecular formula is C32H26N6O5S. The lowest BCUT2D eigenvalue weighted by molar-refractivity contribution is 0.0600. The fraction of sp³-hybridized carbons (Fsp3) is 0.125. The van der Waals surface area contributed by atoms with Crippen molar-refractivity contribution in [2.45, 2.75) is 13.0 Å². The van der Waals surface area contributed by atoms with E-state index in [9.17, 15) is 14.4 Å². The number of aromatic nitrogens is 4. The first-order valence-electron chi connectivity index (χ1n) is 13.6. The zero-order valence-electron chi connectivity index (χ0n) is 23.8. The Morgan fingerprint density at radius 3 is 2.55 bits per heavy atom. The summed E-state index contributed by atoms with van der Waals surface area (Å²) in [5, 5.41) is 2.97. The van der Waals surface area contributed by atoms with E-state index in [4.69, 9.17) is 14.1 Å². The maximum Gasteiger partial charge on any atom is 0.337 e. The van der Waals surface area contributed by atoms with Crippen LogP contribution in [0.1, 0.15) is 36.0 Å². The average molecular weight is 607 g/mol. The smallest absolute Gasteiger partial charge is 0.337 e. The minimum absolute atomic E-state index is 0.259. The Morgan fingerprint density at radius 1 is 1.00 bits per heavy atom. The fourth-order valence-corrected chi connectivity index (χ4v) is 5.56. The van der Waals surface area contributed by atoms with E-state index in [-0.39, 0.29) is 11.8 Å². The van der Waals surface area contributed by atoms with Gasteiger partial charge in [0.05, 0.1) is 39.7 Å². The van der Waals surface area contributed by atoms with Crippen molar-refractivity contribution in [3.63, 3.8) is 0 Å². The summed E-state index contributed by atoms with van der Waals surface area (Å²) in [5.74, 6) is -0.0669. The van der Waals surface area contributed by atoms with Crippen LogP contribution in [0, 0.1) is 0 Å². The Bertz CT molecular complexity index is 1950. The van der Waals surface area contributed by atoms with Crippen molar-refractivity contribution in [3.05, 3.63) is 113 Å². The van der Waals surface area contributed by atoms with Crippen LogP contribution in [0.25, 0.3) is 21.7 Å². The second-order valence-electron chi connectivity index (χ2n) is 9.79.